The van der Waals surface area contributed by atoms with E-state index in [0.29, 0.717) is 12.0 Å². The van der Waals surface area contributed by atoms with Crippen LogP contribution in [0.25, 0.3) is 0 Å². The van der Waals surface area contributed by atoms with Gasteiger partial charge in [0, 0.05) is 19.1 Å². The summed E-state index contributed by atoms with van der Waals surface area (Å²) >= 11 is 0. The van der Waals surface area contributed by atoms with E-state index in [4.69, 9.17) is 11.0 Å². The lowest BCUT2D eigenvalue weighted by atomic mass is 9.97. The van der Waals surface area contributed by atoms with Crippen molar-refractivity contribution in [2.75, 3.05) is 19.6 Å². The van der Waals surface area contributed by atoms with Gasteiger partial charge in [-0.2, -0.15) is 5.26 Å². The number of rotatable bonds is 3. The van der Waals surface area contributed by atoms with Crippen LogP contribution in [-0.4, -0.2) is 30.6 Å². The minimum atomic E-state index is 0.158. The number of hydrogen-bond donors (Lipinski definition) is 1. The Labute approximate surface area is 80.5 Å². The molecule has 1 rings (SSSR count). The van der Waals surface area contributed by atoms with E-state index in [1.807, 2.05) is 0 Å². The lowest BCUT2D eigenvalue weighted by molar-refractivity contribution is 0.271. The molecular weight excluding hydrogens is 162 g/mol. The minimum absolute atomic E-state index is 0.158. The van der Waals surface area contributed by atoms with Crippen molar-refractivity contribution in [2.24, 2.45) is 17.6 Å². The third kappa shape index (κ3) is 2.98. The Bertz CT molecular complexity index is 195. The Morgan fingerprint density at radius 2 is 2.31 bits per heavy atom. The molecule has 3 nitrogen and oxygen atoms in total. The van der Waals surface area contributed by atoms with Crippen molar-refractivity contribution in [3.63, 3.8) is 0 Å². The zero-order chi connectivity index (χ0) is 9.84. The van der Waals surface area contributed by atoms with Gasteiger partial charge in [0.25, 0.3) is 0 Å². The van der Waals surface area contributed by atoms with Gasteiger partial charge in [-0.05, 0) is 18.9 Å². The predicted octanol–water partition coefficient (Wildman–Crippen LogP) is 0.815. The molecule has 0 aromatic rings. The maximum atomic E-state index is 8.91. The van der Waals surface area contributed by atoms with Crippen LogP contribution in [0.3, 0.4) is 0 Å². The van der Waals surface area contributed by atoms with Crippen LogP contribution < -0.4 is 5.73 Å². The van der Waals surface area contributed by atoms with Crippen LogP contribution in [0.15, 0.2) is 0 Å². The maximum Gasteiger partial charge on any atom is 0.0672 e. The van der Waals surface area contributed by atoms with Crippen molar-refractivity contribution in [1.29, 1.82) is 5.26 Å². The first kappa shape index (κ1) is 10.5. The first-order chi connectivity index (χ1) is 6.13. The monoisotopic (exact) mass is 181 g/mol. The minimum Gasteiger partial charge on any atom is -0.326 e. The average Bonchev–Trinajstić information content (AvgIpc) is 2.46. The molecule has 1 heterocycles. The molecule has 1 saturated heterocycles. The third-order valence-corrected chi connectivity index (χ3v) is 2.73. The molecule has 0 amide bonds. The van der Waals surface area contributed by atoms with Crippen LogP contribution in [0, 0.1) is 23.2 Å². The Balaban J connectivity index is 2.35. The number of nitrogens with zero attached hydrogens (tertiary/aromatic N) is 2. The maximum absolute atomic E-state index is 8.91. The molecule has 0 saturated carbocycles. The van der Waals surface area contributed by atoms with Gasteiger partial charge in [0.2, 0.25) is 0 Å². The highest BCUT2D eigenvalue weighted by Gasteiger charge is 2.23. The van der Waals surface area contributed by atoms with Crippen LogP contribution in [-0.2, 0) is 0 Å². The highest BCUT2D eigenvalue weighted by atomic mass is 15.2. The predicted molar refractivity (Wildman–Crippen MR) is 53.0 cm³/mol. The third-order valence-electron chi connectivity index (χ3n) is 2.73. The van der Waals surface area contributed by atoms with Crippen LogP contribution in [0.5, 0.6) is 0 Å². The fourth-order valence-electron chi connectivity index (χ4n) is 1.71. The van der Waals surface area contributed by atoms with Crippen molar-refractivity contribution < 1.29 is 0 Å². The van der Waals surface area contributed by atoms with E-state index in [-0.39, 0.29) is 5.92 Å². The Kier molecular flexibility index (Phi) is 3.71. The zero-order valence-electron chi connectivity index (χ0n) is 8.53. The Hall–Kier alpha value is -0.590. The van der Waals surface area contributed by atoms with Gasteiger partial charge in [-0.15, -0.1) is 0 Å². The molecule has 0 spiro atoms. The number of likely N-dealkylation sites (tertiary alicyclic amines) is 1. The molecule has 0 aromatic carbocycles. The van der Waals surface area contributed by atoms with Crippen molar-refractivity contribution in [1.82, 2.24) is 4.90 Å². The summed E-state index contributed by atoms with van der Waals surface area (Å²) in [5.74, 6) is 0.604. The summed E-state index contributed by atoms with van der Waals surface area (Å²) in [4.78, 5) is 2.30. The summed E-state index contributed by atoms with van der Waals surface area (Å²) in [6, 6.07) is 2.69. The second kappa shape index (κ2) is 4.59. The summed E-state index contributed by atoms with van der Waals surface area (Å²) in [5, 5.41) is 8.91. The van der Waals surface area contributed by atoms with Crippen LogP contribution in [0.1, 0.15) is 20.3 Å². The molecular formula is C10H19N3. The van der Waals surface area contributed by atoms with Crippen molar-refractivity contribution in [2.45, 2.75) is 26.3 Å². The standard InChI is InChI=1S/C10H19N3/c1-8(2)9(5-11)6-13-4-3-10(12)7-13/h8-10H,3-4,6-7,12H2,1-2H3/t9?,10-/m1/s1. The van der Waals surface area contributed by atoms with Gasteiger partial charge in [0.15, 0.2) is 0 Å². The van der Waals surface area contributed by atoms with Crippen LogP contribution in [0.2, 0.25) is 0 Å². The highest BCUT2D eigenvalue weighted by Crippen LogP contribution is 2.15. The number of nitriles is 1. The molecule has 1 unspecified atom stereocenters. The van der Waals surface area contributed by atoms with Crippen molar-refractivity contribution in [3.05, 3.63) is 0 Å². The topological polar surface area (TPSA) is 53.0 Å². The Morgan fingerprint density at radius 3 is 2.69 bits per heavy atom. The number of hydrogen-bond acceptors (Lipinski definition) is 3. The second-order valence-electron chi connectivity index (χ2n) is 4.29. The summed E-state index contributed by atoms with van der Waals surface area (Å²) in [5.41, 5.74) is 5.79. The van der Waals surface area contributed by atoms with E-state index in [1.54, 1.807) is 0 Å². The van der Waals surface area contributed by atoms with E-state index in [1.165, 1.54) is 0 Å². The van der Waals surface area contributed by atoms with Gasteiger partial charge in [0.1, 0.15) is 0 Å². The van der Waals surface area contributed by atoms with Gasteiger partial charge in [-0.1, -0.05) is 13.8 Å². The molecule has 0 aromatic heterocycles. The number of nitrogens with two attached hydrogens (primary N) is 1. The molecule has 0 aliphatic carbocycles. The summed E-state index contributed by atoms with van der Waals surface area (Å²) in [6.45, 7) is 7.12. The molecule has 1 fully saturated rings. The molecule has 2 N–H and O–H groups in total. The first-order valence-electron chi connectivity index (χ1n) is 5.01. The van der Waals surface area contributed by atoms with E-state index >= 15 is 0 Å². The molecule has 13 heavy (non-hydrogen) atoms. The normalized spacial score (nSPS) is 26.2. The molecule has 1 aliphatic rings. The second-order valence-corrected chi connectivity index (χ2v) is 4.29. The quantitative estimate of drug-likeness (QED) is 0.701. The SMILES string of the molecule is CC(C)C(C#N)CN1CC[C@@H](N)C1. The lowest BCUT2D eigenvalue weighted by Crippen LogP contribution is -2.31. The fourth-order valence-corrected chi connectivity index (χ4v) is 1.71. The summed E-state index contributed by atoms with van der Waals surface area (Å²) < 4.78 is 0. The van der Waals surface area contributed by atoms with Gasteiger partial charge in [0.05, 0.1) is 12.0 Å². The van der Waals surface area contributed by atoms with E-state index in [2.05, 4.69) is 24.8 Å². The molecule has 3 heteroatoms. The molecule has 74 valence electrons. The van der Waals surface area contributed by atoms with Gasteiger partial charge < -0.3 is 10.6 Å². The van der Waals surface area contributed by atoms with Crippen LogP contribution >= 0.6 is 0 Å². The average molecular weight is 181 g/mol. The zero-order valence-corrected chi connectivity index (χ0v) is 8.53. The molecule has 1 aliphatic heterocycles. The van der Waals surface area contributed by atoms with E-state index < -0.39 is 0 Å². The van der Waals surface area contributed by atoms with Gasteiger partial charge in [-0.3, -0.25) is 0 Å². The Morgan fingerprint density at radius 1 is 1.62 bits per heavy atom. The lowest BCUT2D eigenvalue weighted by Gasteiger charge is -2.20. The molecule has 0 radical (unpaired) electrons. The van der Waals surface area contributed by atoms with Crippen molar-refractivity contribution in [3.8, 4) is 6.07 Å². The summed E-state index contributed by atoms with van der Waals surface area (Å²) in [7, 11) is 0. The van der Waals surface area contributed by atoms with Crippen LogP contribution in [0.4, 0.5) is 0 Å². The molecule has 2 atom stereocenters. The van der Waals surface area contributed by atoms with E-state index in [0.717, 1.165) is 26.1 Å². The van der Waals surface area contributed by atoms with Crippen molar-refractivity contribution >= 4 is 0 Å². The fraction of sp³-hybridized carbons (Fsp3) is 0.900. The van der Waals surface area contributed by atoms with Gasteiger partial charge >= 0.3 is 0 Å². The smallest absolute Gasteiger partial charge is 0.0672 e. The first-order valence-corrected chi connectivity index (χ1v) is 5.01. The molecule has 0 bridgehead atoms. The van der Waals surface area contributed by atoms with Gasteiger partial charge in [-0.25, -0.2) is 0 Å². The largest absolute Gasteiger partial charge is 0.326 e. The summed E-state index contributed by atoms with van der Waals surface area (Å²) in [6.07, 6.45) is 1.08. The van der Waals surface area contributed by atoms with E-state index in [9.17, 15) is 0 Å². The highest BCUT2D eigenvalue weighted by molar-refractivity contribution is 4.89.